The summed E-state index contributed by atoms with van der Waals surface area (Å²) in [7, 11) is 0. The normalized spacial score (nSPS) is 10.6. The summed E-state index contributed by atoms with van der Waals surface area (Å²) in [6.07, 6.45) is 0.204. The molecule has 1 heterocycles. The number of furan rings is 1. The van der Waals surface area contributed by atoms with Crippen LogP contribution >= 0.6 is 0 Å². The molecule has 0 aliphatic heterocycles. The van der Waals surface area contributed by atoms with Crippen molar-refractivity contribution in [2.75, 3.05) is 6.61 Å². The van der Waals surface area contributed by atoms with Crippen molar-refractivity contribution in [1.82, 2.24) is 0 Å². The number of aryl methyl sites for hydroxylation is 3. The van der Waals surface area contributed by atoms with Gasteiger partial charge in [-0.05, 0) is 62.9 Å². The minimum atomic E-state index is -0.986. The highest BCUT2D eigenvalue weighted by molar-refractivity contribution is 6.40. The molecule has 132 valence electrons. The third-order valence-corrected chi connectivity index (χ3v) is 4.25. The van der Waals surface area contributed by atoms with Gasteiger partial charge in [-0.15, -0.1) is 0 Å². The number of esters is 1. The number of Topliss-reactive ketones (excluding diaryl/α,β-unsaturated/α-hetero) is 2. The summed E-state index contributed by atoms with van der Waals surface area (Å²) >= 11 is 0. The highest BCUT2D eigenvalue weighted by atomic mass is 16.5. The Bertz CT molecular complexity index is 819. The van der Waals surface area contributed by atoms with Crippen molar-refractivity contribution in [3.8, 4) is 0 Å². The van der Waals surface area contributed by atoms with Crippen LogP contribution in [0.15, 0.2) is 22.6 Å². The largest absolute Gasteiger partial charge is 0.460 e. The average Bonchev–Trinajstić information content (AvgIpc) is 2.94. The summed E-state index contributed by atoms with van der Waals surface area (Å²) in [5.41, 5.74) is 4.68. The summed E-state index contributed by atoms with van der Waals surface area (Å²) in [5.74, 6) is -1.88. The van der Waals surface area contributed by atoms with Gasteiger partial charge in [-0.25, -0.2) is 4.79 Å². The predicted octanol–water partition coefficient (Wildman–Crippen LogP) is 3.68. The molecule has 5 nitrogen and oxygen atoms in total. The lowest BCUT2D eigenvalue weighted by Gasteiger charge is -2.08. The molecular weight excluding hydrogens is 320 g/mol. The Hall–Kier alpha value is -2.69. The molecule has 0 amide bonds. The van der Waals surface area contributed by atoms with E-state index in [1.807, 2.05) is 32.9 Å². The Morgan fingerprint density at radius 1 is 1.00 bits per heavy atom. The molecule has 1 aromatic heterocycles. The molecular formula is C20H22O5. The molecule has 0 N–H and O–H groups in total. The van der Waals surface area contributed by atoms with Crippen LogP contribution in [-0.2, 0) is 16.0 Å². The minimum absolute atomic E-state index is 0.0994. The summed E-state index contributed by atoms with van der Waals surface area (Å²) in [6, 6.07) is 5.30. The molecule has 0 atom stereocenters. The average molecular weight is 342 g/mol. The first kappa shape index (κ1) is 18.6. The highest BCUT2D eigenvalue weighted by Crippen LogP contribution is 2.20. The van der Waals surface area contributed by atoms with Crippen molar-refractivity contribution >= 4 is 17.5 Å². The molecule has 0 saturated carbocycles. The van der Waals surface area contributed by atoms with Crippen molar-refractivity contribution in [3.05, 3.63) is 57.5 Å². The molecule has 0 unspecified atom stereocenters. The molecule has 2 rings (SSSR count). The van der Waals surface area contributed by atoms with E-state index in [9.17, 15) is 14.4 Å². The predicted molar refractivity (Wildman–Crippen MR) is 93.1 cm³/mol. The second kappa shape index (κ2) is 7.47. The van der Waals surface area contributed by atoms with E-state index in [4.69, 9.17) is 4.42 Å². The van der Waals surface area contributed by atoms with Crippen LogP contribution in [-0.4, -0.2) is 24.1 Å². The molecule has 0 spiro atoms. The number of carbonyl (C=O) groups excluding carboxylic acids is 3. The number of ketones is 2. The van der Waals surface area contributed by atoms with Gasteiger partial charge in [-0.3, -0.25) is 9.59 Å². The van der Waals surface area contributed by atoms with Crippen molar-refractivity contribution in [3.63, 3.8) is 0 Å². The van der Waals surface area contributed by atoms with Gasteiger partial charge in [0.2, 0.25) is 0 Å². The van der Waals surface area contributed by atoms with E-state index in [2.05, 4.69) is 4.74 Å². The number of hydrogen-bond acceptors (Lipinski definition) is 5. The smallest absolute Gasteiger partial charge is 0.383 e. The van der Waals surface area contributed by atoms with Gasteiger partial charge in [0, 0.05) is 6.42 Å². The fraction of sp³-hybridized carbons (Fsp3) is 0.350. The van der Waals surface area contributed by atoms with Crippen LogP contribution in [0.2, 0.25) is 0 Å². The van der Waals surface area contributed by atoms with E-state index in [-0.39, 0.29) is 24.6 Å². The maximum atomic E-state index is 12.6. The summed E-state index contributed by atoms with van der Waals surface area (Å²) in [4.78, 5) is 36.0. The molecule has 2 aromatic rings. The summed E-state index contributed by atoms with van der Waals surface area (Å²) in [5, 5.41) is 0. The van der Waals surface area contributed by atoms with Gasteiger partial charge >= 0.3 is 11.8 Å². The molecule has 0 aliphatic carbocycles. The molecule has 0 bridgehead atoms. The second-order valence-corrected chi connectivity index (χ2v) is 6.08. The Kier molecular flexibility index (Phi) is 5.57. The monoisotopic (exact) mass is 342 g/mol. The molecule has 25 heavy (non-hydrogen) atoms. The number of benzene rings is 1. The SMILES string of the molecule is CCOC(=O)C(=O)c1cc(C(=O)Cc2cc(C)c(C)c(C)c2)c(C)o1. The zero-order chi connectivity index (χ0) is 18.7. The van der Waals surface area contributed by atoms with Gasteiger partial charge in [0.25, 0.3) is 0 Å². The Labute approximate surface area is 147 Å². The third kappa shape index (κ3) is 4.05. The highest BCUT2D eigenvalue weighted by Gasteiger charge is 2.25. The van der Waals surface area contributed by atoms with Gasteiger partial charge in [0.15, 0.2) is 11.5 Å². The Morgan fingerprint density at radius 3 is 2.16 bits per heavy atom. The van der Waals surface area contributed by atoms with Crippen LogP contribution < -0.4 is 0 Å². The van der Waals surface area contributed by atoms with E-state index in [1.165, 1.54) is 11.6 Å². The molecule has 0 aliphatic rings. The molecule has 1 aromatic carbocycles. The van der Waals surface area contributed by atoms with Crippen LogP contribution in [0.1, 0.15) is 55.9 Å². The Morgan fingerprint density at radius 2 is 1.60 bits per heavy atom. The van der Waals surface area contributed by atoms with E-state index >= 15 is 0 Å². The number of rotatable bonds is 6. The Balaban J connectivity index is 2.23. The topological polar surface area (TPSA) is 73.6 Å². The standard InChI is InChI=1S/C20H22O5/c1-6-24-20(23)19(22)18-10-16(14(5)25-18)17(21)9-15-7-11(2)13(4)12(3)8-15/h7-8,10H,6,9H2,1-5H3. The minimum Gasteiger partial charge on any atom is -0.460 e. The van der Waals surface area contributed by atoms with E-state index in [0.717, 1.165) is 16.7 Å². The number of carbonyl (C=O) groups is 3. The molecule has 0 fully saturated rings. The zero-order valence-electron chi connectivity index (χ0n) is 15.2. The van der Waals surface area contributed by atoms with Crippen molar-refractivity contribution in [2.45, 2.75) is 41.0 Å². The molecule has 0 saturated heterocycles. The van der Waals surface area contributed by atoms with Crippen LogP contribution in [0.3, 0.4) is 0 Å². The maximum Gasteiger partial charge on any atom is 0.383 e. The number of hydrogen-bond donors (Lipinski definition) is 0. The quantitative estimate of drug-likeness (QED) is 0.455. The molecule has 5 heteroatoms. The van der Waals surface area contributed by atoms with E-state index in [0.29, 0.717) is 11.3 Å². The summed E-state index contributed by atoms with van der Waals surface area (Å²) in [6.45, 7) is 9.37. The van der Waals surface area contributed by atoms with Gasteiger partial charge in [-0.1, -0.05) is 12.1 Å². The van der Waals surface area contributed by atoms with Gasteiger partial charge in [0.05, 0.1) is 12.2 Å². The van der Waals surface area contributed by atoms with Crippen molar-refractivity contribution in [2.24, 2.45) is 0 Å². The van der Waals surface area contributed by atoms with Crippen LogP contribution in [0.25, 0.3) is 0 Å². The lowest BCUT2D eigenvalue weighted by molar-refractivity contribution is -0.137. The van der Waals surface area contributed by atoms with Crippen molar-refractivity contribution < 1.29 is 23.5 Å². The maximum absolute atomic E-state index is 12.6. The molecule has 0 radical (unpaired) electrons. The third-order valence-electron chi connectivity index (χ3n) is 4.25. The van der Waals surface area contributed by atoms with E-state index < -0.39 is 11.8 Å². The number of ether oxygens (including phenoxy) is 1. The van der Waals surface area contributed by atoms with Gasteiger partial charge in [-0.2, -0.15) is 0 Å². The van der Waals surface area contributed by atoms with Crippen LogP contribution in [0, 0.1) is 27.7 Å². The van der Waals surface area contributed by atoms with E-state index in [1.54, 1.807) is 13.8 Å². The van der Waals surface area contributed by atoms with Crippen molar-refractivity contribution in [1.29, 1.82) is 0 Å². The van der Waals surface area contributed by atoms with Crippen LogP contribution in [0.4, 0.5) is 0 Å². The zero-order valence-corrected chi connectivity index (χ0v) is 15.2. The fourth-order valence-corrected chi connectivity index (χ4v) is 2.68. The van der Waals surface area contributed by atoms with Gasteiger partial charge in [0.1, 0.15) is 5.76 Å². The lowest BCUT2D eigenvalue weighted by atomic mass is 9.96. The first-order valence-electron chi connectivity index (χ1n) is 8.16. The first-order valence-corrected chi connectivity index (χ1v) is 8.16. The van der Waals surface area contributed by atoms with Crippen LogP contribution in [0.5, 0.6) is 0 Å². The summed E-state index contributed by atoms with van der Waals surface area (Å²) < 4.78 is 9.97. The van der Waals surface area contributed by atoms with Gasteiger partial charge < -0.3 is 9.15 Å². The fourth-order valence-electron chi connectivity index (χ4n) is 2.68. The lowest BCUT2D eigenvalue weighted by Crippen LogP contribution is -2.16. The second-order valence-electron chi connectivity index (χ2n) is 6.08. The first-order chi connectivity index (χ1) is 11.7.